The molecule has 4 atom stereocenters. The molecule has 5 heteroatoms. The van der Waals surface area contributed by atoms with Gasteiger partial charge in [0.2, 0.25) is 0 Å². The Morgan fingerprint density at radius 2 is 0.596 bits per heavy atom. The van der Waals surface area contributed by atoms with E-state index in [1.165, 1.54) is 129 Å². The van der Waals surface area contributed by atoms with Crippen LogP contribution in [0.3, 0.4) is 0 Å². The molecule has 4 unspecified atom stereocenters. The van der Waals surface area contributed by atoms with E-state index in [4.69, 9.17) is 14.2 Å². The molecule has 0 aliphatic rings. The van der Waals surface area contributed by atoms with E-state index in [0.717, 1.165) is 62.8 Å². The van der Waals surface area contributed by atoms with Crippen molar-refractivity contribution >= 4 is 0 Å². The Labute approximate surface area is 297 Å². The van der Waals surface area contributed by atoms with E-state index in [1.54, 1.807) is 0 Å². The first-order valence-electron chi connectivity index (χ1n) is 21.2. The fourth-order valence-corrected chi connectivity index (χ4v) is 6.97. The lowest BCUT2D eigenvalue weighted by Gasteiger charge is -2.30. The zero-order valence-electron chi connectivity index (χ0n) is 33.6. The summed E-state index contributed by atoms with van der Waals surface area (Å²) in [4.78, 5) is 5.54. The Morgan fingerprint density at radius 3 is 0.830 bits per heavy atom. The summed E-state index contributed by atoms with van der Waals surface area (Å²) in [6.07, 6.45) is 23.6. The summed E-state index contributed by atoms with van der Waals surface area (Å²) in [7, 11) is 0. The van der Waals surface area contributed by atoms with Gasteiger partial charge in [0.1, 0.15) is 0 Å². The molecule has 0 radical (unpaired) electrons. The first kappa shape index (κ1) is 46.8. The van der Waals surface area contributed by atoms with Crippen molar-refractivity contribution in [1.82, 2.24) is 9.80 Å². The van der Waals surface area contributed by atoms with Gasteiger partial charge in [-0.1, -0.05) is 132 Å². The van der Waals surface area contributed by atoms with Gasteiger partial charge in [0.25, 0.3) is 0 Å². The van der Waals surface area contributed by atoms with Gasteiger partial charge in [-0.15, -0.1) is 0 Å². The van der Waals surface area contributed by atoms with Crippen LogP contribution in [-0.4, -0.2) is 88.7 Å². The second-order valence-electron chi connectivity index (χ2n) is 14.7. The topological polar surface area (TPSA) is 34.2 Å². The number of rotatable bonds is 38. The molecule has 0 aromatic carbocycles. The third kappa shape index (κ3) is 28.2. The molecule has 0 saturated carbocycles. The molecule has 0 fully saturated rings. The van der Waals surface area contributed by atoms with Gasteiger partial charge in [-0.25, -0.2) is 0 Å². The van der Waals surface area contributed by atoms with Gasteiger partial charge in [-0.05, 0) is 62.2 Å². The van der Waals surface area contributed by atoms with E-state index in [0.29, 0.717) is 26.4 Å². The summed E-state index contributed by atoms with van der Waals surface area (Å²) in [5.74, 6) is 3.34. The third-order valence-electron chi connectivity index (χ3n) is 10.5. The maximum absolute atomic E-state index is 5.98. The highest BCUT2D eigenvalue weighted by atomic mass is 16.5. The number of nitrogens with zero attached hydrogens (tertiary/aromatic N) is 2. The fourth-order valence-electron chi connectivity index (χ4n) is 6.97. The van der Waals surface area contributed by atoms with E-state index >= 15 is 0 Å². The molecule has 0 aliphatic heterocycles. The van der Waals surface area contributed by atoms with Crippen molar-refractivity contribution in [3.8, 4) is 0 Å². The van der Waals surface area contributed by atoms with Crippen LogP contribution in [0.5, 0.6) is 0 Å². The van der Waals surface area contributed by atoms with Gasteiger partial charge < -0.3 is 24.0 Å². The summed E-state index contributed by atoms with van der Waals surface area (Å²) in [6.45, 7) is 30.5. The van der Waals surface area contributed by atoms with Crippen LogP contribution in [-0.2, 0) is 14.2 Å². The Morgan fingerprint density at radius 1 is 0.340 bits per heavy atom. The molecule has 5 nitrogen and oxygen atoms in total. The Kier molecular flexibility index (Phi) is 35.5. The van der Waals surface area contributed by atoms with E-state index < -0.39 is 0 Å². The molecule has 0 saturated heterocycles. The van der Waals surface area contributed by atoms with Crippen molar-refractivity contribution in [3.05, 3.63) is 0 Å². The van der Waals surface area contributed by atoms with E-state index in [2.05, 4.69) is 65.2 Å². The minimum absolute atomic E-state index is 0.664. The Balaban J connectivity index is 4.30. The first-order valence-corrected chi connectivity index (χ1v) is 21.2. The fraction of sp³-hybridized carbons (Fsp3) is 1.00. The molecule has 0 aromatic heterocycles. The molecule has 0 N–H and O–H groups in total. The van der Waals surface area contributed by atoms with Gasteiger partial charge in [0.05, 0.1) is 26.4 Å². The maximum atomic E-state index is 5.98. The van der Waals surface area contributed by atoms with Crippen molar-refractivity contribution in [3.63, 3.8) is 0 Å². The smallest absolute Gasteiger partial charge is 0.0701 e. The lowest BCUT2D eigenvalue weighted by molar-refractivity contribution is 0.0108. The van der Waals surface area contributed by atoms with Crippen molar-refractivity contribution in [1.29, 1.82) is 0 Å². The summed E-state index contributed by atoms with van der Waals surface area (Å²) in [6, 6.07) is 0. The van der Waals surface area contributed by atoms with Gasteiger partial charge >= 0.3 is 0 Å². The monoisotopic (exact) mass is 669 g/mol. The predicted molar refractivity (Wildman–Crippen MR) is 208 cm³/mol. The molecule has 0 amide bonds. The van der Waals surface area contributed by atoms with Crippen LogP contribution >= 0.6 is 0 Å². The maximum Gasteiger partial charge on any atom is 0.0701 e. The van der Waals surface area contributed by atoms with Crippen molar-refractivity contribution in [2.45, 2.75) is 171 Å². The molecule has 0 aromatic rings. The van der Waals surface area contributed by atoms with Crippen LogP contribution in [0.25, 0.3) is 0 Å². The molecule has 0 aliphatic carbocycles. The Hall–Kier alpha value is -0.200. The molecular formula is C42H88N2O3. The van der Waals surface area contributed by atoms with Crippen LogP contribution in [0.15, 0.2) is 0 Å². The van der Waals surface area contributed by atoms with Crippen molar-refractivity contribution in [2.24, 2.45) is 23.7 Å². The highest BCUT2D eigenvalue weighted by Gasteiger charge is 2.18. The number of hydrogen-bond acceptors (Lipinski definition) is 5. The first-order chi connectivity index (χ1) is 23.0. The second-order valence-corrected chi connectivity index (χ2v) is 14.7. The Bertz CT molecular complexity index is 520. The molecule has 0 heterocycles. The minimum Gasteiger partial charge on any atom is -0.379 e. The average Bonchev–Trinajstić information content (AvgIpc) is 3.09. The van der Waals surface area contributed by atoms with Crippen LogP contribution in [0.2, 0.25) is 0 Å². The van der Waals surface area contributed by atoms with Crippen LogP contribution in [0, 0.1) is 23.7 Å². The second kappa shape index (κ2) is 35.6. The summed E-state index contributed by atoms with van der Waals surface area (Å²) in [5, 5.41) is 0. The van der Waals surface area contributed by atoms with Crippen LogP contribution in [0.4, 0.5) is 0 Å². The third-order valence-corrected chi connectivity index (χ3v) is 10.5. The molecular weight excluding hydrogens is 580 g/mol. The minimum atomic E-state index is 0.664. The highest BCUT2D eigenvalue weighted by molar-refractivity contribution is 4.72. The largest absolute Gasteiger partial charge is 0.379 e. The van der Waals surface area contributed by atoms with Gasteiger partial charge in [0.15, 0.2) is 0 Å². The predicted octanol–water partition coefficient (Wildman–Crippen LogP) is 11.3. The lowest BCUT2D eigenvalue weighted by atomic mass is 9.95. The number of hydrogen-bond donors (Lipinski definition) is 0. The summed E-state index contributed by atoms with van der Waals surface area (Å²) < 4.78 is 17.8. The molecule has 0 spiro atoms. The van der Waals surface area contributed by atoms with Gasteiger partial charge in [-0.2, -0.15) is 0 Å². The van der Waals surface area contributed by atoms with E-state index in [1.807, 2.05) is 0 Å². The zero-order chi connectivity index (χ0) is 34.8. The normalized spacial score (nSPS) is 14.7. The molecule has 284 valence electrons. The summed E-state index contributed by atoms with van der Waals surface area (Å²) in [5.41, 5.74) is 0. The van der Waals surface area contributed by atoms with Gasteiger partial charge in [-0.3, -0.25) is 0 Å². The van der Waals surface area contributed by atoms with E-state index in [9.17, 15) is 0 Å². The molecule has 0 rings (SSSR count). The lowest BCUT2D eigenvalue weighted by Crippen LogP contribution is -2.35. The van der Waals surface area contributed by atoms with Crippen molar-refractivity contribution < 1.29 is 14.2 Å². The average molecular weight is 669 g/mol. The quantitative estimate of drug-likeness (QED) is 0.0612. The highest BCUT2D eigenvalue weighted by Crippen LogP contribution is 2.20. The number of ether oxygens (including phenoxy) is 3. The van der Waals surface area contributed by atoms with Crippen LogP contribution < -0.4 is 0 Å². The zero-order valence-corrected chi connectivity index (χ0v) is 33.6. The SMILES string of the molecule is CCCCC(CC)CN(CCCOCCOCCOCCCN(CC(CC)CCCC)CC(CC)CCCC)CC(CC)CCCC. The van der Waals surface area contributed by atoms with E-state index in [-0.39, 0.29) is 0 Å². The number of unbranched alkanes of at least 4 members (excludes halogenated alkanes) is 4. The summed E-state index contributed by atoms with van der Waals surface area (Å²) >= 11 is 0. The molecule has 0 bridgehead atoms. The standard InChI is InChI=1S/C42H88N2O3/c1-9-17-23-39(13-5)35-43(36-40(14-6)24-18-10-2)27-21-29-45-31-33-47-34-32-46-30-22-28-44(37-41(15-7)25-19-11-3)38-42(16-8)26-20-12-4/h39-42H,9-38H2,1-8H3. The van der Waals surface area contributed by atoms with Crippen LogP contribution in [0.1, 0.15) is 171 Å². The van der Waals surface area contributed by atoms with Gasteiger partial charge in [0, 0.05) is 52.5 Å². The molecule has 47 heavy (non-hydrogen) atoms. The van der Waals surface area contributed by atoms with Crippen molar-refractivity contribution in [2.75, 3.05) is 78.9 Å².